The Morgan fingerprint density at radius 1 is 1.15 bits per heavy atom. The van der Waals surface area contributed by atoms with Crippen LogP contribution < -0.4 is 10.1 Å². The van der Waals surface area contributed by atoms with E-state index >= 15 is 0 Å². The molecule has 0 aliphatic carbocycles. The fourth-order valence-electron chi connectivity index (χ4n) is 2.54. The molecule has 0 fully saturated rings. The van der Waals surface area contributed by atoms with E-state index in [0.29, 0.717) is 6.54 Å². The number of hydrogen-bond acceptors (Lipinski definition) is 4. The normalized spacial score (nSPS) is 13.3. The predicted molar refractivity (Wildman–Crippen MR) is 112 cm³/mol. The molecule has 2 aromatic rings. The molecule has 0 spiro atoms. The maximum atomic E-state index is 12.5. The molecule has 2 aromatic carbocycles. The van der Waals surface area contributed by atoms with Gasteiger partial charge in [0, 0.05) is 15.9 Å². The highest BCUT2D eigenvalue weighted by atomic mass is 79.9. The first kappa shape index (κ1) is 20.8. The molecule has 0 bridgehead atoms. The van der Waals surface area contributed by atoms with E-state index in [4.69, 9.17) is 4.74 Å². The van der Waals surface area contributed by atoms with Gasteiger partial charge in [-0.15, -0.1) is 11.8 Å². The van der Waals surface area contributed by atoms with E-state index < -0.39 is 0 Å². The number of halogens is 1. The van der Waals surface area contributed by atoms with Crippen LogP contribution in [0, 0.1) is 0 Å². The lowest BCUT2D eigenvalue weighted by Crippen LogP contribution is -2.38. The van der Waals surface area contributed by atoms with Gasteiger partial charge < -0.3 is 15.0 Å². The zero-order valence-corrected chi connectivity index (χ0v) is 17.9. The number of nitrogens with one attached hydrogen (secondary N) is 1. The lowest BCUT2D eigenvalue weighted by molar-refractivity contribution is -0.120. The smallest absolute Gasteiger partial charge is 0.233 e. The highest BCUT2D eigenvalue weighted by molar-refractivity contribution is 9.10. The molecule has 6 heteroatoms. The van der Waals surface area contributed by atoms with Crippen molar-refractivity contribution in [1.29, 1.82) is 0 Å². The minimum absolute atomic E-state index is 0.0401. The van der Waals surface area contributed by atoms with Crippen molar-refractivity contribution in [2.75, 3.05) is 27.7 Å². The van der Waals surface area contributed by atoms with Crippen LogP contribution in [0.4, 0.5) is 0 Å². The van der Waals surface area contributed by atoms with Crippen molar-refractivity contribution in [2.45, 2.75) is 23.1 Å². The summed E-state index contributed by atoms with van der Waals surface area (Å²) in [7, 11) is 5.69. The third-order valence-corrected chi connectivity index (χ3v) is 5.73. The molecule has 0 aromatic heterocycles. The largest absolute Gasteiger partial charge is 0.497 e. The van der Waals surface area contributed by atoms with Crippen LogP contribution in [0.25, 0.3) is 0 Å². The van der Waals surface area contributed by atoms with Crippen LogP contribution in [0.15, 0.2) is 57.9 Å². The molecule has 0 heterocycles. The molecule has 26 heavy (non-hydrogen) atoms. The summed E-state index contributed by atoms with van der Waals surface area (Å²) in [6.07, 6.45) is 0. The SMILES string of the molecule is COc1ccc(C(CNC(=O)C(C)Sc2ccc(Br)cc2)N(C)C)cc1. The van der Waals surface area contributed by atoms with E-state index in [1.54, 1.807) is 18.9 Å². The number of carbonyl (C=O) groups is 1. The van der Waals surface area contributed by atoms with Gasteiger partial charge in [-0.05, 0) is 63.0 Å². The van der Waals surface area contributed by atoms with Crippen LogP contribution in [-0.4, -0.2) is 43.8 Å². The van der Waals surface area contributed by atoms with E-state index in [1.165, 1.54) is 0 Å². The summed E-state index contributed by atoms with van der Waals surface area (Å²) in [5.41, 5.74) is 1.14. The van der Waals surface area contributed by atoms with Gasteiger partial charge in [0.15, 0.2) is 0 Å². The molecule has 0 aliphatic rings. The maximum absolute atomic E-state index is 12.5. The maximum Gasteiger partial charge on any atom is 0.233 e. The Morgan fingerprint density at radius 2 is 1.77 bits per heavy atom. The van der Waals surface area contributed by atoms with Gasteiger partial charge in [-0.2, -0.15) is 0 Å². The van der Waals surface area contributed by atoms with Crippen molar-refractivity contribution in [2.24, 2.45) is 0 Å². The third kappa shape index (κ3) is 6.04. The van der Waals surface area contributed by atoms with E-state index in [9.17, 15) is 4.79 Å². The number of hydrogen-bond donors (Lipinski definition) is 1. The first-order valence-electron chi connectivity index (χ1n) is 8.41. The summed E-state index contributed by atoms with van der Waals surface area (Å²) in [4.78, 5) is 15.7. The Labute approximate surface area is 168 Å². The second kappa shape index (κ2) is 10.00. The van der Waals surface area contributed by atoms with E-state index in [1.807, 2.05) is 69.6 Å². The minimum Gasteiger partial charge on any atom is -0.497 e. The van der Waals surface area contributed by atoms with Crippen molar-refractivity contribution in [3.8, 4) is 5.75 Å². The van der Waals surface area contributed by atoms with Crippen LogP contribution in [-0.2, 0) is 4.79 Å². The monoisotopic (exact) mass is 436 g/mol. The van der Waals surface area contributed by atoms with Gasteiger partial charge in [-0.1, -0.05) is 28.1 Å². The van der Waals surface area contributed by atoms with Crippen molar-refractivity contribution in [3.63, 3.8) is 0 Å². The summed E-state index contributed by atoms with van der Waals surface area (Å²) < 4.78 is 6.25. The number of amides is 1. The summed E-state index contributed by atoms with van der Waals surface area (Å²) in [5.74, 6) is 0.869. The van der Waals surface area contributed by atoms with Gasteiger partial charge >= 0.3 is 0 Å². The van der Waals surface area contributed by atoms with Gasteiger partial charge in [0.1, 0.15) is 5.75 Å². The second-order valence-electron chi connectivity index (χ2n) is 6.21. The zero-order chi connectivity index (χ0) is 19.1. The Morgan fingerprint density at radius 3 is 2.31 bits per heavy atom. The van der Waals surface area contributed by atoms with Gasteiger partial charge in [-0.25, -0.2) is 0 Å². The lowest BCUT2D eigenvalue weighted by atomic mass is 10.1. The molecule has 1 amide bonds. The zero-order valence-electron chi connectivity index (χ0n) is 15.5. The van der Waals surface area contributed by atoms with Crippen molar-refractivity contribution in [3.05, 3.63) is 58.6 Å². The number of methoxy groups -OCH3 is 1. The summed E-state index contributed by atoms with van der Waals surface area (Å²) in [5, 5.41) is 2.92. The van der Waals surface area contributed by atoms with Crippen LogP contribution in [0.2, 0.25) is 0 Å². The number of likely N-dealkylation sites (N-methyl/N-ethyl adjacent to an activating group) is 1. The van der Waals surface area contributed by atoms with Crippen molar-refractivity contribution in [1.82, 2.24) is 10.2 Å². The molecule has 2 rings (SSSR count). The van der Waals surface area contributed by atoms with E-state index in [0.717, 1.165) is 20.7 Å². The number of ether oxygens (including phenoxy) is 1. The molecule has 1 N–H and O–H groups in total. The van der Waals surface area contributed by atoms with Gasteiger partial charge in [0.05, 0.1) is 18.4 Å². The van der Waals surface area contributed by atoms with Crippen LogP contribution >= 0.6 is 27.7 Å². The Kier molecular flexibility index (Phi) is 8.00. The summed E-state index contributed by atoms with van der Waals surface area (Å²) in [6.45, 7) is 2.49. The molecular weight excluding hydrogens is 412 g/mol. The molecule has 0 saturated heterocycles. The van der Waals surface area contributed by atoms with Crippen LogP contribution in [0.1, 0.15) is 18.5 Å². The highest BCUT2D eigenvalue weighted by Crippen LogP contribution is 2.25. The van der Waals surface area contributed by atoms with Crippen molar-refractivity contribution >= 4 is 33.6 Å². The molecular formula is C20H25BrN2O2S. The summed E-state index contributed by atoms with van der Waals surface area (Å²) >= 11 is 4.98. The fraction of sp³-hybridized carbons (Fsp3) is 0.350. The molecule has 0 saturated carbocycles. The van der Waals surface area contributed by atoms with Crippen molar-refractivity contribution < 1.29 is 9.53 Å². The Bertz CT molecular complexity index is 705. The highest BCUT2D eigenvalue weighted by Gasteiger charge is 2.19. The number of benzene rings is 2. The minimum atomic E-state index is -0.158. The van der Waals surface area contributed by atoms with Gasteiger partial charge in [0.2, 0.25) is 5.91 Å². The quantitative estimate of drug-likeness (QED) is 0.624. The first-order valence-corrected chi connectivity index (χ1v) is 10.1. The molecule has 0 radical (unpaired) electrons. The van der Waals surface area contributed by atoms with Crippen LogP contribution in [0.5, 0.6) is 5.75 Å². The number of carbonyl (C=O) groups excluding carboxylic acids is 1. The molecule has 140 valence electrons. The second-order valence-corrected chi connectivity index (χ2v) is 8.54. The molecule has 4 nitrogen and oxygen atoms in total. The first-order chi connectivity index (χ1) is 12.4. The fourth-order valence-corrected chi connectivity index (χ4v) is 3.69. The predicted octanol–water partition coefficient (Wildman–Crippen LogP) is 4.36. The number of rotatable bonds is 8. The average molecular weight is 437 g/mol. The molecule has 2 atom stereocenters. The molecule has 2 unspecified atom stereocenters. The van der Waals surface area contributed by atoms with Crippen LogP contribution in [0.3, 0.4) is 0 Å². The third-order valence-electron chi connectivity index (χ3n) is 4.09. The van der Waals surface area contributed by atoms with E-state index in [-0.39, 0.29) is 17.2 Å². The summed E-state index contributed by atoms with van der Waals surface area (Å²) in [6, 6.07) is 16.1. The van der Waals surface area contributed by atoms with Gasteiger partial charge in [0.25, 0.3) is 0 Å². The Hall–Kier alpha value is -1.50. The van der Waals surface area contributed by atoms with E-state index in [2.05, 4.69) is 26.1 Å². The Balaban J connectivity index is 1.94. The van der Waals surface area contributed by atoms with Gasteiger partial charge in [-0.3, -0.25) is 4.79 Å². The lowest BCUT2D eigenvalue weighted by Gasteiger charge is -2.26. The number of nitrogens with zero attached hydrogens (tertiary/aromatic N) is 1. The topological polar surface area (TPSA) is 41.6 Å². The number of thioether (sulfide) groups is 1. The standard InChI is InChI=1S/C20H25BrN2O2S/c1-14(26-18-11-7-16(21)8-12-18)20(24)22-13-19(23(2)3)15-5-9-17(25-4)10-6-15/h5-12,14,19H,13H2,1-4H3,(H,22,24). The molecule has 0 aliphatic heterocycles. The average Bonchev–Trinajstić information content (AvgIpc) is 2.63.